The Morgan fingerprint density at radius 3 is 2.08 bits per heavy atom. The van der Waals surface area contributed by atoms with Crippen molar-refractivity contribution in [1.29, 1.82) is 0 Å². The van der Waals surface area contributed by atoms with Gasteiger partial charge in [-0.2, -0.15) is 0 Å². The maximum atomic E-state index is 12.8. The summed E-state index contributed by atoms with van der Waals surface area (Å²) >= 11 is 0. The van der Waals surface area contributed by atoms with Gasteiger partial charge in [0.15, 0.2) is 0 Å². The van der Waals surface area contributed by atoms with Crippen LogP contribution in [0.15, 0.2) is 12.1 Å². The van der Waals surface area contributed by atoms with Gasteiger partial charge in [0, 0.05) is 16.7 Å². The molecule has 0 radical (unpaired) electrons. The highest BCUT2D eigenvalue weighted by molar-refractivity contribution is 6.01. The number of amides is 2. The minimum Gasteiger partial charge on any atom is -0.507 e. The first kappa shape index (κ1) is 15.5. The van der Waals surface area contributed by atoms with Gasteiger partial charge in [-0.3, -0.25) is 9.59 Å². The van der Waals surface area contributed by atoms with Crippen molar-refractivity contribution in [2.75, 3.05) is 0 Å². The van der Waals surface area contributed by atoms with E-state index in [-0.39, 0.29) is 22.8 Å². The first-order valence-corrected chi connectivity index (χ1v) is 8.82. The van der Waals surface area contributed by atoms with E-state index in [9.17, 15) is 14.7 Å². The molecule has 4 N–H and O–H groups in total. The molecule has 128 valence electrons. The number of hydrogen-bond donors (Lipinski definition) is 3. The molecule has 4 bridgehead atoms. The molecule has 0 spiro atoms. The second-order valence-electron chi connectivity index (χ2n) is 8.15. The van der Waals surface area contributed by atoms with Crippen LogP contribution < -0.4 is 11.1 Å². The number of carbonyl (C=O) groups is 2. The van der Waals surface area contributed by atoms with E-state index in [4.69, 9.17) is 5.73 Å². The van der Waals surface area contributed by atoms with Crippen LogP contribution in [-0.4, -0.2) is 22.5 Å². The number of phenols is 1. The molecule has 4 saturated carbocycles. The number of nitrogens with two attached hydrogens (primary N) is 1. The molecule has 0 saturated heterocycles. The van der Waals surface area contributed by atoms with Crippen LogP contribution in [0, 0.1) is 24.7 Å². The highest BCUT2D eigenvalue weighted by Gasteiger charge is 2.51. The SMILES string of the molecule is Cc1c(C(=O)NC23CC4CC(CC(C4)C2)C3)ccc(C(N)=O)c1O. The molecule has 4 aliphatic rings. The van der Waals surface area contributed by atoms with Gasteiger partial charge in [-0.15, -0.1) is 0 Å². The first-order valence-electron chi connectivity index (χ1n) is 8.82. The Morgan fingerprint density at radius 1 is 1.08 bits per heavy atom. The van der Waals surface area contributed by atoms with Gasteiger partial charge in [-0.05, 0) is 75.3 Å². The lowest BCUT2D eigenvalue weighted by molar-refractivity contribution is -0.0167. The summed E-state index contributed by atoms with van der Waals surface area (Å²) < 4.78 is 0. The van der Waals surface area contributed by atoms with Crippen LogP contribution in [-0.2, 0) is 0 Å². The van der Waals surface area contributed by atoms with E-state index in [0.717, 1.165) is 37.0 Å². The third kappa shape index (κ3) is 2.38. The number of carbonyl (C=O) groups excluding carboxylic acids is 2. The van der Waals surface area contributed by atoms with Crippen molar-refractivity contribution in [2.24, 2.45) is 23.5 Å². The van der Waals surface area contributed by atoms with Crippen LogP contribution in [0.25, 0.3) is 0 Å². The molecule has 5 rings (SSSR count). The van der Waals surface area contributed by atoms with Crippen LogP contribution in [0.2, 0.25) is 0 Å². The van der Waals surface area contributed by atoms with Gasteiger partial charge < -0.3 is 16.2 Å². The van der Waals surface area contributed by atoms with Crippen molar-refractivity contribution in [3.8, 4) is 5.75 Å². The molecule has 2 amide bonds. The molecule has 5 heteroatoms. The molecule has 0 unspecified atom stereocenters. The minimum absolute atomic E-state index is 0.0545. The van der Waals surface area contributed by atoms with Crippen LogP contribution in [0.4, 0.5) is 0 Å². The van der Waals surface area contributed by atoms with Crippen LogP contribution in [0.1, 0.15) is 64.8 Å². The van der Waals surface area contributed by atoms with Crippen LogP contribution in [0.5, 0.6) is 5.75 Å². The largest absolute Gasteiger partial charge is 0.507 e. The van der Waals surface area contributed by atoms with Crippen molar-refractivity contribution < 1.29 is 14.7 Å². The molecular weight excluding hydrogens is 304 g/mol. The van der Waals surface area contributed by atoms with Gasteiger partial charge in [0.25, 0.3) is 11.8 Å². The topological polar surface area (TPSA) is 92.4 Å². The van der Waals surface area contributed by atoms with Crippen LogP contribution in [0.3, 0.4) is 0 Å². The van der Waals surface area contributed by atoms with Crippen molar-refractivity contribution in [3.63, 3.8) is 0 Å². The molecule has 4 fully saturated rings. The Bertz CT molecular complexity index is 690. The molecule has 4 aliphatic carbocycles. The predicted octanol–water partition coefficient (Wildman–Crippen LogP) is 2.50. The summed E-state index contributed by atoms with van der Waals surface area (Å²) in [6, 6.07) is 3.02. The monoisotopic (exact) mass is 328 g/mol. The van der Waals surface area contributed by atoms with Crippen molar-refractivity contribution in [3.05, 3.63) is 28.8 Å². The Labute approximate surface area is 141 Å². The zero-order valence-corrected chi connectivity index (χ0v) is 14.0. The predicted molar refractivity (Wildman–Crippen MR) is 89.7 cm³/mol. The Morgan fingerprint density at radius 2 is 1.58 bits per heavy atom. The normalized spacial score (nSPS) is 33.5. The fourth-order valence-electron chi connectivity index (χ4n) is 5.72. The minimum atomic E-state index is -0.691. The zero-order valence-electron chi connectivity index (χ0n) is 14.0. The van der Waals surface area contributed by atoms with Gasteiger partial charge in [0.05, 0.1) is 5.56 Å². The molecule has 5 nitrogen and oxygen atoms in total. The highest BCUT2D eigenvalue weighted by Crippen LogP contribution is 2.55. The standard InChI is InChI=1S/C19H24N2O3/c1-10-14(2-3-15(16(10)22)17(20)23)18(24)21-19-7-11-4-12(8-19)6-13(5-11)9-19/h2-3,11-13,22H,4-9H2,1H3,(H2,20,23)(H,21,24). The Kier molecular flexibility index (Phi) is 3.37. The molecule has 0 aliphatic heterocycles. The van der Waals surface area contributed by atoms with E-state index >= 15 is 0 Å². The molecule has 0 heterocycles. The molecule has 0 aromatic heterocycles. The molecule has 0 atom stereocenters. The van der Waals surface area contributed by atoms with E-state index in [1.165, 1.54) is 25.3 Å². The summed E-state index contributed by atoms with van der Waals surface area (Å²) in [5.74, 6) is 1.22. The second-order valence-corrected chi connectivity index (χ2v) is 8.15. The molecule has 1 aromatic rings. The summed E-state index contributed by atoms with van der Waals surface area (Å²) in [5.41, 5.74) is 6.06. The third-order valence-electron chi connectivity index (χ3n) is 6.36. The van der Waals surface area contributed by atoms with E-state index in [0.29, 0.717) is 11.1 Å². The fourth-order valence-corrected chi connectivity index (χ4v) is 5.72. The number of rotatable bonds is 3. The molecule has 24 heavy (non-hydrogen) atoms. The smallest absolute Gasteiger partial charge is 0.252 e. The summed E-state index contributed by atoms with van der Waals surface area (Å²) in [5, 5.41) is 13.4. The fraction of sp³-hybridized carbons (Fsp3) is 0.579. The molecular formula is C19H24N2O3. The average Bonchev–Trinajstić information content (AvgIpc) is 2.47. The number of benzene rings is 1. The lowest BCUT2D eigenvalue weighted by atomic mass is 9.53. The number of nitrogens with one attached hydrogen (secondary N) is 1. The summed E-state index contributed by atoms with van der Waals surface area (Å²) in [4.78, 5) is 24.2. The second kappa shape index (κ2) is 5.23. The summed E-state index contributed by atoms with van der Waals surface area (Å²) in [7, 11) is 0. The van der Waals surface area contributed by atoms with Crippen LogP contribution >= 0.6 is 0 Å². The van der Waals surface area contributed by atoms with Crippen molar-refractivity contribution >= 4 is 11.8 Å². The quantitative estimate of drug-likeness (QED) is 0.796. The van der Waals surface area contributed by atoms with Gasteiger partial charge in [-0.25, -0.2) is 0 Å². The van der Waals surface area contributed by atoms with E-state index in [1.807, 2.05) is 0 Å². The zero-order chi connectivity index (χ0) is 17.1. The van der Waals surface area contributed by atoms with E-state index in [2.05, 4.69) is 5.32 Å². The summed E-state index contributed by atoms with van der Waals surface area (Å²) in [6.45, 7) is 1.65. The average molecular weight is 328 g/mol. The number of hydrogen-bond acceptors (Lipinski definition) is 3. The Hall–Kier alpha value is -2.04. The van der Waals surface area contributed by atoms with Gasteiger partial charge in [0.2, 0.25) is 0 Å². The maximum absolute atomic E-state index is 12.8. The third-order valence-corrected chi connectivity index (χ3v) is 6.36. The lowest BCUT2D eigenvalue weighted by Crippen LogP contribution is -2.59. The maximum Gasteiger partial charge on any atom is 0.252 e. The summed E-state index contributed by atoms with van der Waals surface area (Å²) in [6.07, 6.45) is 7.20. The Balaban J connectivity index is 1.59. The molecule has 1 aromatic carbocycles. The van der Waals surface area contributed by atoms with Crippen molar-refractivity contribution in [1.82, 2.24) is 5.32 Å². The van der Waals surface area contributed by atoms with Crippen molar-refractivity contribution in [2.45, 2.75) is 51.0 Å². The van der Waals surface area contributed by atoms with E-state index in [1.54, 1.807) is 13.0 Å². The van der Waals surface area contributed by atoms with Gasteiger partial charge in [0.1, 0.15) is 5.75 Å². The highest BCUT2D eigenvalue weighted by atomic mass is 16.3. The van der Waals surface area contributed by atoms with E-state index < -0.39 is 5.91 Å². The first-order chi connectivity index (χ1) is 11.4. The van der Waals surface area contributed by atoms with Gasteiger partial charge >= 0.3 is 0 Å². The number of aromatic hydroxyl groups is 1. The van der Waals surface area contributed by atoms with Gasteiger partial charge in [-0.1, -0.05) is 0 Å². The number of primary amides is 1. The lowest BCUT2D eigenvalue weighted by Gasteiger charge is -2.56.